The van der Waals surface area contributed by atoms with Crippen LogP contribution >= 0.6 is 34.7 Å². The van der Waals surface area contributed by atoms with Gasteiger partial charge in [-0.15, -0.1) is 0 Å². The van der Waals surface area contributed by atoms with Gasteiger partial charge in [0.25, 0.3) is 0 Å². The third-order valence-electron chi connectivity index (χ3n) is 3.69. The number of anilines is 1. The first-order chi connectivity index (χ1) is 12.4. The van der Waals surface area contributed by atoms with E-state index in [1.807, 2.05) is 19.1 Å². The molecule has 0 saturated heterocycles. The van der Waals surface area contributed by atoms with Crippen LogP contribution in [0.5, 0.6) is 0 Å². The van der Waals surface area contributed by atoms with Gasteiger partial charge >= 0.3 is 0 Å². The molecule has 0 fully saturated rings. The number of hydrogen-bond donors (Lipinski definition) is 2. The highest BCUT2D eigenvalue weighted by Crippen LogP contribution is 2.25. The molecule has 0 radical (unpaired) electrons. The Morgan fingerprint density at radius 2 is 1.81 bits per heavy atom. The smallest absolute Gasteiger partial charge is 0.218 e. The van der Waals surface area contributed by atoms with Crippen LogP contribution in [0.3, 0.4) is 0 Å². The van der Waals surface area contributed by atoms with Crippen LogP contribution in [0.1, 0.15) is 16.0 Å². The van der Waals surface area contributed by atoms with Crippen LogP contribution < -0.4 is 10.8 Å². The molecule has 26 heavy (non-hydrogen) atoms. The van der Waals surface area contributed by atoms with Crippen LogP contribution in [0.2, 0.25) is 10.0 Å². The van der Waals surface area contributed by atoms with E-state index in [1.165, 1.54) is 17.1 Å². The predicted octanol–water partition coefficient (Wildman–Crippen LogP) is 5.47. The van der Waals surface area contributed by atoms with Crippen molar-refractivity contribution in [1.29, 1.82) is 5.41 Å². The molecule has 2 aromatic carbocycles. The SMILES string of the molecule is Cc1ccc(CN=C(Nc2ccc(Cl)c(Cl)c2)n2sc(C)cc2=N)cc1. The van der Waals surface area contributed by atoms with E-state index in [4.69, 9.17) is 33.6 Å². The number of rotatable bonds is 3. The molecule has 3 aromatic rings. The van der Waals surface area contributed by atoms with Crippen molar-refractivity contribution < 1.29 is 0 Å². The van der Waals surface area contributed by atoms with Gasteiger partial charge in [0.05, 0.1) is 16.6 Å². The first-order valence-electron chi connectivity index (χ1n) is 7.99. The van der Waals surface area contributed by atoms with Crippen molar-refractivity contribution in [3.63, 3.8) is 0 Å². The van der Waals surface area contributed by atoms with Gasteiger partial charge in [0.1, 0.15) is 5.49 Å². The normalized spacial score (nSPS) is 11.6. The fourth-order valence-corrected chi connectivity index (χ4v) is 3.44. The van der Waals surface area contributed by atoms with E-state index >= 15 is 0 Å². The van der Waals surface area contributed by atoms with Gasteiger partial charge in [-0.2, -0.15) is 0 Å². The van der Waals surface area contributed by atoms with Gasteiger partial charge in [0.15, 0.2) is 0 Å². The van der Waals surface area contributed by atoms with Crippen LogP contribution in [0.25, 0.3) is 0 Å². The molecule has 1 heterocycles. The van der Waals surface area contributed by atoms with E-state index < -0.39 is 0 Å². The summed E-state index contributed by atoms with van der Waals surface area (Å²) in [7, 11) is 0. The summed E-state index contributed by atoms with van der Waals surface area (Å²) in [6.45, 7) is 4.53. The average Bonchev–Trinajstić information content (AvgIpc) is 2.94. The zero-order chi connectivity index (χ0) is 18.7. The maximum absolute atomic E-state index is 8.18. The molecule has 7 heteroatoms. The van der Waals surface area contributed by atoms with Crippen LogP contribution in [-0.2, 0) is 6.54 Å². The van der Waals surface area contributed by atoms with Gasteiger partial charge < -0.3 is 5.32 Å². The van der Waals surface area contributed by atoms with E-state index in [9.17, 15) is 0 Å². The summed E-state index contributed by atoms with van der Waals surface area (Å²) < 4.78 is 1.76. The third kappa shape index (κ3) is 4.55. The first kappa shape index (κ1) is 18.7. The molecule has 0 bridgehead atoms. The average molecular weight is 405 g/mol. The zero-order valence-corrected chi connectivity index (χ0v) is 16.7. The van der Waals surface area contributed by atoms with Gasteiger partial charge in [0, 0.05) is 10.6 Å². The molecule has 3 rings (SSSR count). The number of hydrogen-bond acceptors (Lipinski definition) is 3. The Morgan fingerprint density at radius 3 is 2.42 bits per heavy atom. The Balaban J connectivity index is 1.94. The molecule has 2 N–H and O–H groups in total. The fourth-order valence-electron chi connectivity index (χ4n) is 2.35. The molecule has 1 aromatic heterocycles. The molecular weight excluding hydrogens is 387 g/mol. The topological polar surface area (TPSA) is 53.2 Å². The first-order valence-corrected chi connectivity index (χ1v) is 9.52. The molecule has 0 aliphatic carbocycles. The number of nitrogens with zero attached hydrogens (tertiary/aromatic N) is 2. The monoisotopic (exact) mass is 404 g/mol. The highest BCUT2D eigenvalue weighted by molar-refractivity contribution is 7.07. The zero-order valence-electron chi connectivity index (χ0n) is 14.4. The molecule has 0 atom stereocenters. The lowest BCUT2D eigenvalue weighted by molar-refractivity contribution is 1.01. The van der Waals surface area contributed by atoms with Crippen molar-refractivity contribution in [3.8, 4) is 0 Å². The summed E-state index contributed by atoms with van der Waals surface area (Å²) >= 11 is 13.6. The van der Waals surface area contributed by atoms with Crippen molar-refractivity contribution >= 4 is 46.4 Å². The molecular formula is C19H18Cl2N4S. The summed E-state index contributed by atoms with van der Waals surface area (Å²) in [6.07, 6.45) is 0. The standard InChI is InChI=1S/C19H18Cl2N4S/c1-12-3-5-14(6-4-12)11-23-19(25-18(22)9-13(2)26-25)24-15-7-8-16(20)17(21)10-15/h3-10,22H,11H2,1-2H3,(H,23,24). The minimum absolute atomic E-state index is 0.378. The Kier molecular flexibility index (Phi) is 5.81. The van der Waals surface area contributed by atoms with E-state index in [1.54, 1.807) is 16.1 Å². The summed E-state index contributed by atoms with van der Waals surface area (Å²) in [4.78, 5) is 5.73. The summed E-state index contributed by atoms with van der Waals surface area (Å²) in [6, 6.07) is 15.4. The maximum atomic E-state index is 8.18. The van der Waals surface area contributed by atoms with Gasteiger partial charge in [-0.3, -0.25) is 5.41 Å². The van der Waals surface area contributed by atoms with Gasteiger partial charge in [-0.25, -0.2) is 8.95 Å². The van der Waals surface area contributed by atoms with Gasteiger partial charge in [-0.05, 0) is 43.7 Å². The summed E-state index contributed by atoms with van der Waals surface area (Å²) in [5.41, 5.74) is 3.45. The minimum Gasteiger partial charge on any atom is -0.325 e. The lowest BCUT2D eigenvalue weighted by Crippen LogP contribution is -2.28. The second-order valence-electron chi connectivity index (χ2n) is 5.91. The number of benzene rings is 2. The summed E-state index contributed by atoms with van der Waals surface area (Å²) in [5.74, 6) is 0.576. The third-order valence-corrected chi connectivity index (χ3v) is 5.39. The number of nitrogens with one attached hydrogen (secondary N) is 2. The molecule has 134 valence electrons. The van der Waals surface area contributed by atoms with Gasteiger partial charge in [-0.1, -0.05) is 64.6 Å². The number of aromatic nitrogens is 1. The van der Waals surface area contributed by atoms with Crippen molar-refractivity contribution in [2.45, 2.75) is 20.4 Å². The largest absolute Gasteiger partial charge is 0.325 e. The Bertz CT molecular complexity index is 1000. The highest BCUT2D eigenvalue weighted by Gasteiger charge is 2.09. The van der Waals surface area contributed by atoms with Gasteiger partial charge in [0.2, 0.25) is 5.96 Å². The second kappa shape index (κ2) is 8.08. The lowest BCUT2D eigenvalue weighted by Gasteiger charge is -2.11. The molecule has 0 amide bonds. The molecule has 4 nitrogen and oxygen atoms in total. The van der Waals surface area contributed by atoms with Crippen LogP contribution in [-0.4, -0.2) is 9.92 Å². The molecule has 0 aliphatic heterocycles. The number of aryl methyl sites for hydroxylation is 2. The van der Waals surface area contributed by atoms with Crippen LogP contribution in [0, 0.1) is 19.3 Å². The van der Waals surface area contributed by atoms with E-state index in [-0.39, 0.29) is 0 Å². The van der Waals surface area contributed by atoms with Crippen molar-refractivity contribution in [2.24, 2.45) is 4.99 Å². The highest BCUT2D eigenvalue weighted by atomic mass is 35.5. The van der Waals surface area contributed by atoms with Crippen molar-refractivity contribution in [3.05, 3.63) is 80.1 Å². The number of halogens is 2. The molecule has 0 unspecified atom stereocenters. The summed E-state index contributed by atoms with van der Waals surface area (Å²) in [5, 5.41) is 12.4. The quantitative estimate of drug-likeness (QED) is 0.441. The number of aliphatic imine (C=N–C) groups is 1. The lowest BCUT2D eigenvalue weighted by atomic mass is 10.1. The Hall–Kier alpha value is -2.08. The molecule has 0 aliphatic rings. The predicted molar refractivity (Wildman–Crippen MR) is 111 cm³/mol. The van der Waals surface area contributed by atoms with E-state index in [2.05, 4.69) is 36.5 Å². The fraction of sp³-hybridized carbons (Fsp3) is 0.158. The maximum Gasteiger partial charge on any atom is 0.218 e. The van der Waals surface area contributed by atoms with E-state index in [0.29, 0.717) is 28.0 Å². The van der Waals surface area contributed by atoms with Crippen molar-refractivity contribution in [2.75, 3.05) is 5.32 Å². The van der Waals surface area contributed by atoms with Crippen molar-refractivity contribution in [1.82, 2.24) is 3.96 Å². The second-order valence-corrected chi connectivity index (χ2v) is 7.91. The molecule has 0 spiro atoms. The Morgan fingerprint density at radius 1 is 1.08 bits per heavy atom. The van der Waals surface area contributed by atoms with Crippen LogP contribution in [0.15, 0.2) is 53.5 Å². The molecule has 0 saturated carbocycles. The van der Waals surface area contributed by atoms with Crippen LogP contribution in [0.4, 0.5) is 5.69 Å². The Labute approximate surface area is 166 Å². The minimum atomic E-state index is 0.378. The van der Waals surface area contributed by atoms with E-state index in [0.717, 1.165) is 16.1 Å².